The maximum atomic E-state index is 13.2. The van der Waals surface area contributed by atoms with Crippen molar-refractivity contribution in [3.63, 3.8) is 0 Å². The summed E-state index contributed by atoms with van der Waals surface area (Å²) in [4.78, 5) is 19.8. The molecule has 4 aromatic rings. The van der Waals surface area contributed by atoms with Crippen LogP contribution in [0.25, 0.3) is 15.7 Å². The van der Waals surface area contributed by atoms with Crippen LogP contribution in [-0.2, 0) is 16.6 Å². The summed E-state index contributed by atoms with van der Waals surface area (Å²) < 4.78 is 1.90. The molecular formula is C22H21ClN4OS2. The Bertz CT molecular complexity index is 1160. The van der Waals surface area contributed by atoms with Crippen molar-refractivity contribution >= 4 is 45.1 Å². The number of amides is 1. The van der Waals surface area contributed by atoms with Gasteiger partial charge in [0.2, 0.25) is 10.9 Å². The molecular weight excluding hydrogens is 436 g/mol. The summed E-state index contributed by atoms with van der Waals surface area (Å²) >= 11 is 9.27. The molecule has 0 aliphatic heterocycles. The maximum absolute atomic E-state index is 13.2. The molecule has 1 amide bonds. The summed E-state index contributed by atoms with van der Waals surface area (Å²) in [6.45, 7) is 0.578. The number of thiazole rings is 1. The number of hydrogen-bond acceptors (Lipinski definition) is 5. The Hall–Kier alpha value is -2.22. The van der Waals surface area contributed by atoms with Crippen LogP contribution in [0.15, 0.2) is 47.2 Å². The number of thiophene rings is 1. The van der Waals surface area contributed by atoms with Gasteiger partial charge in [0.05, 0.1) is 16.0 Å². The number of halogens is 1. The minimum absolute atomic E-state index is 0.117. The normalized spacial score (nSPS) is 15.6. The minimum atomic E-state index is -0.436. The molecule has 0 unspecified atom stereocenters. The molecule has 1 aliphatic carbocycles. The molecule has 1 saturated carbocycles. The minimum Gasteiger partial charge on any atom is -0.355 e. The number of fused-ring (bicyclic) bond motifs is 1. The Kier molecular flexibility index (Phi) is 5.35. The first-order valence-corrected chi connectivity index (χ1v) is 12.2. The van der Waals surface area contributed by atoms with Gasteiger partial charge in [-0.2, -0.15) is 4.98 Å². The molecule has 0 bridgehead atoms. The van der Waals surface area contributed by atoms with Crippen LogP contribution < -0.4 is 5.32 Å². The highest BCUT2D eigenvalue weighted by Crippen LogP contribution is 2.41. The molecule has 5 nitrogen and oxygen atoms in total. The van der Waals surface area contributed by atoms with Gasteiger partial charge in [-0.3, -0.25) is 4.79 Å². The van der Waals surface area contributed by atoms with Gasteiger partial charge >= 0.3 is 0 Å². The highest BCUT2D eigenvalue weighted by Gasteiger charge is 2.42. The standard InChI is InChI=1S/C22H21ClN4OS2/c23-16-7-5-15(6-8-16)22(10-1-2-11-22)20(28)24-12-9-17-14-30-21-25-19(26-27(17)21)18-4-3-13-29-18/h3-8,13-14H,1-2,9-12H2,(H,24,28). The van der Waals surface area contributed by atoms with Gasteiger partial charge in [0.15, 0.2) is 5.82 Å². The van der Waals surface area contributed by atoms with Crippen LogP contribution in [-0.4, -0.2) is 27.0 Å². The van der Waals surface area contributed by atoms with E-state index in [2.05, 4.69) is 20.8 Å². The molecule has 5 rings (SSSR count). The van der Waals surface area contributed by atoms with E-state index in [1.807, 2.05) is 46.3 Å². The number of nitrogens with zero attached hydrogens (tertiary/aromatic N) is 3. The van der Waals surface area contributed by atoms with E-state index in [0.29, 0.717) is 11.6 Å². The first kappa shape index (κ1) is 19.7. The number of carbonyl (C=O) groups is 1. The van der Waals surface area contributed by atoms with E-state index in [0.717, 1.165) is 59.0 Å². The zero-order chi connectivity index (χ0) is 20.6. The Morgan fingerprint density at radius 3 is 2.70 bits per heavy atom. The van der Waals surface area contributed by atoms with Crippen LogP contribution >= 0.6 is 34.3 Å². The van der Waals surface area contributed by atoms with E-state index < -0.39 is 5.41 Å². The van der Waals surface area contributed by atoms with Crippen LogP contribution in [0.2, 0.25) is 5.02 Å². The molecule has 1 aromatic carbocycles. The van der Waals surface area contributed by atoms with Crippen molar-refractivity contribution < 1.29 is 4.79 Å². The monoisotopic (exact) mass is 456 g/mol. The first-order valence-electron chi connectivity index (χ1n) is 10.1. The summed E-state index contributed by atoms with van der Waals surface area (Å²) in [5, 5.41) is 12.6. The second-order valence-corrected chi connectivity index (χ2v) is 9.86. The van der Waals surface area contributed by atoms with Gasteiger partial charge in [0.1, 0.15) is 0 Å². The smallest absolute Gasteiger partial charge is 0.230 e. The third-order valence-electron chi connectivity index (χ3n) is 5.85. The number of carbonyl (C=O) groups excluding carboxylic acids is 1. The van der Waals surface area contributed by atoms with Crippen molar-refractivity contribution in [1.82, 2.24) is 19.9 Å². The molecule has 3 aromatic heterocycles. The van der Waals surface area contributed by atoms with E-state index in [-0.39, 0.29) is 5.91 Å². The largest absolute Gasteiger partial charge is 0.355 e. The highest BCUT2D eigenvalue weighted by molar-refractivity contribution is 7.15. The molecule has 154 valence electrons. The van der Waals surface area contributed by atoms with Crippen molar-refractivity contribution in [1.29, 1.82) is 0 Å². The SMILES string of the molecule is O=C(NCCc1csc2nc(-c3cccs3)nn12)C1(c2ccc(Cl)cc2)CCCC1. The molecule has 3 heterocycles. The zero-order valence-corrected chi connectivity index (χ0v) is 18.7. The fraction of sp³-hybridized carbons (Fsp3) is 0.318. The summed E-state index contributed by atoms with van der Waals surface area (Å²) in [6.07, 6.45) is 4.64. The lowest BCUT2D eigenvalue weighted by atomic mass is 9.78. The van der Waals surface area contributed by atoms with E-state index in [4.69, 9.17) is 11.6 Å². The number of rotatable bonds is 6. The van der Waals surface area contributed by atoms with Crippen molar-refractivity contribution in [2.45, 2.75) is 37.5 Å². The average molecular weight is 457 g/mol. The maximum Gasteiger partial charge on any atom is 0.230 e. The lowest BCUT2D eigenvalue weighted by Gasteiger charge is -2.28. The summed E-state index contributed by atoms with van der Waals surface area (Å²) in [5.41, 5.74) is 1.70. The van der Waals surface area contributed by atoms with Crippen molar-refractivity contribution in [2.24, 2.45) is 0 Å². The third-order valence-corrected chi connectivity index (χ3v) is 7.83. The predicted molar refractivity (Wildman–Crippen MR) is 122 cm³/mol. The molecule has 0 spiro atoms. The molecule has 30 heavy (non-hydrogen) atoms. The summed E-state index contributed by atoms with van der Waals surface area (Å²) in [7, 11) is 0. The number of nitrogens with one attached hydrogen (secondary N) is 1. The second-order valence-electron chi connectivity index (χ2n) is 7.64. The average Bonchev–Trinajstić information content (AvgIpc) is 3.53. The van der Waals surface area contributed by atoms with Crippen LogP contribution in [0.3, 0.4) is 0 Å². The molecule has 1 fully saturated rings. The van der Waals surface area contributed by atoms with Crippen molar-refractivity contribution in [3.8, 4) is 10.7 Å². The van der Waals surface area contributed by atoms with E-state index in [9.17, 15) is 4.79 Å². The van der Waals surface area contributed by atoms with Crippen LogP contribution in [0.4, 0.5) is 0 Å². The fourth-order valence-corrected chi connectivity index (χ4v) is 5.91. The second kappa shape index (κ2) is 8.13. The number of benzene rings is 1. The van der Waals surface area contributed by atoms with Crippen LogP contribution in [0.1, 0.15) is 36.9 Å². The molecule has 0 saturated heterocycles. The molecule has 0 atom stereocenters. The van der Waals surface area contributed by atoms with Gasteiger partial charge in [-0.15, -0.1) is 27.8 Å². The van der Waals surface area contributed by atoms with Crippen LogP contribution in [0, 0.1) is 0 Å². The molecule has 0 radical (unpaired) electrons. The van der Waals surface area contributed by atoms with Crippen molar-refractivity contribution in [2.75, 3.05) is 6.54 Å². The number of aromatic nitrogens is 3. The van der Waals surface area contributed by atoms with Gasteiger partial charge in [-0.1, -0.05) is 42.6 Å². The Balaban J connectivity index is 1.29. The van der Waals surface area contributed by atoms with Crippen LogP contribution in [0.5, 0.6) is 0 Å². The fourth-order valence-electron chi connectivity index (χ4n) is 4.27. The first-order chi connectivity index (χ1) is 14.7. The predicted octanol–water partition coefficient (Wildman–Crippen LogP) is 5.34. The van der Waals surface area contributed by atoms with E-state index in [1.165, 1.54) is 0 Å². The van der Waals surface area contributed by atoms with E-state index in [1.54, 1.807) is 22.7 Å². The molecule has 1 N–H and O–H groups in total. The van der Waals surface area contributed by atoms with Gasteiger partial charge in [0.25, 0.3) is 0 Å². The quantitative estimate of drug-likeness (QED) is 0.425. The van der Waals surface area contributed by atoms with E-state index >= 15 is 0 Å². The Morgan fingerprint density at radius 1 is 1.17 bits per heavy atom. The van der Waals surface area contributed by atoms with Crippen molar-refractivity contribution in [3.05, 3.63) is 63.4 Å². The Morgan fingerprint density at radius 2 is 1.97 bits per heavy atom. The third kappa shape index (κ3) is 3.55. The molecule has 1 aliphatic rings. The number of hydrogen-bond donors (Lipinski definition) is 1. The lowest BCUT2D eigenvalue weighted by Crippen LogP contribution is -2.43. The van der Waals surface area contributed by atoms with Gasteiger partial charge in [0, 0.05) is 23.4 Å². The van der Waals surface area contributed by atoms with Gasteiger partial charge < -0.3 is 5.32 Å². The summed E-state index contributed by atoms with van der Waals surface area (Å²) in [5.74, 6) is 0.876. The lowest BCUT2D eigenvalue weighted by molar-refractivity contribution is -0.126. The highest BCUT2D eigenvalue weighted by atomic mass is 35.5. The Labute approximate surface area is 187 Å². The topological polar surface area (TPSA) is 59.3 Å². The van der Waals surface area contributed by atoms with Gasteiger partial charge in [-0.25, -0.2) is 4.52 Å². The van der Waals surface area contributed by atoms with Gasteiger partial charge in [-0.05, 0) is 42.0 Å². The zero-order valence-electron chi connectivity index (χ0n) is 16.3. The molecule has 8 heteroatoms. The summed E-state index contributed by atoms with van der Waals surface area (Å²) in [6, 6.07) is 11.8.